The molecule has 78 valence electrons. The van der Waals surface area contributed by atoms with E-state index in [1.807, 2.05) is 12.4 Å². The minimum absolute atomic E-state index is 0.623. The number of rotatable bonds is 2. The van der Waals surface area contributed by atoms with E-state index in [-0.39, 0.29) is 0 Å². The molecule has 0 radical (unpaired) electrons. The Kier molecular flexibility index (Phi) is 2.14. The third-order valence-electron chi connectivity index (χ3n) is 3.01. The number of hydrogen-bond acceptors (Lipinski definition) is 3. The average Bonchev–Trinajstić information content (AvgIpc) is 2.89. The second-order valence-corrected chi connectivity index (χ2v) is 4.05. The molecule has 0 bridgehead atoms. The first-order valence-electron chi connectivity index (χ1n) is 5.43. The third kappa shape index (κ3) is 1.61. The average molecular weight is 202 g/mol. The lowest BCUT2D eigenvalue weighted by Gasteiger charge is -2.08. The normalized spacial score (nSPS) is 21.2. The van der Waals surface area contributed by atoms with Crippen molar-refractivity contribution >= 4 is 5.65 Å². The molecule has 3 rings (SSSR count). The van der Waals surface area contributed by atoms with Crippen molar-refractivity contribution in [3.63, 3.8) is 0 Å². The smallest absolute Gasteiger partial charge is 0.155 e. The molecule has 1 aliphatic rings. The van der Waals surface area contributed by atoms with Crippen molar-refractivity contribution in [1.82, 2.24) is 19.7 Å². The number of hydrogen-bond donors (Lipinski definition) is 1. The molecule has 15 heavy (non-hydrogen) atoms. The van der Waals surface area contributed by atoms with Gasteiger partial charge >= 0.3 is 0 Å². The molecule has 0 aliphatic carbocycles. The van der Waals surface area contributed by atoms with E-state index in [4.69, 9.17) is 0 Å². The summed E-state index contributed by atoms with van der Waals surface area (Å²) in [5, 5.41) is 3.50. The van der Waals surface area contributed by atoms with Gasteiger partial charge in [-0.25, -0.2) is 4.98 Å². The van der Waals surface area contributed by atoms with Gasteiger partial charge in [-0.05, 0) is 19.4 Å². The van der Waals surface area contributed by atoms with Crippen molar-refractivity contribution in [2.75, 3.05) is 6.54 Å². The van der Waals surface area contributed by atoms with E-state index in [0.717, 1.165) is 18.6 Å². The second-order valence-electron chi connectivity index (χ2n) is 4.05. The highest BCUT2D eigenvalue weighted by atomic mass is 15.0. The fourth-order valence-corrected chi connectivity index (χ4v) is 2.23. The monoisotopic (exact) mass is 202 g/mol. The maximum Gasteiger partial charge on any atom is 0.155 e. The Balaban J connectivity index is 1.90. The van der Waals surface area contributed by atoms with Crippen LogP contribution in [0.4, 0.5) is 0 Å². The van der Waals surface area contributed by atoms with Gasteiger partial charge in [0, 0.05) is 36.7 Å². The van der Waals surface area contributed by atoms with Crippen molar-refractivity contribution < 1.29 is 0 Å². The molecule has 3 heterocycles. The SMILES string of the molecule is c1cn2c(CC3CCCN3)cnc2cn1. The number of aromatic nitrogens is 3. The van der Waals surface area contributed by atoms with E-state index < -0.39 is 0 Å². The first-order valence-corrected chi connectivity index (χ1v) is 5.43. The van der Waals surface area contributed by atoms with E-state index in [9.17, 15) is 0 Å². The fraction of sp³-hybridized carbons (Fsp3) is 0.455. The van der Waals surface area contributed by atoms with Crippen LogP contribution < -0.4 is 5.32 Å². The molecular weight excluding hydrogens is 188 g/mol. The van der Waals surface area contributed by atoms with Crippen LogP contribution >= 0.6 is 0 Å². The van der Waals surface area contributed by atoms with Crippen molar-refractivity contribution in [3.05, 3.63) is 30.5 Å². The van der Waals surface area contributed by atoms with Gasteiger partial charge in [-0.1, -0.05) is 0 Å². The fourth-order valence-electron chi connectivity index (χ4n) is 2.23. The molecule has 4 nitrogen and oxygen atoms in total. The standard InChI is InChI=1S/C11H14N4/c1-2-9(13-3-1)6-10-7-14-11-8-12-4-5-15(10)11/h4-5,7-9,13H,1-3,6H2. The lowest BCUT2D eigenvalue weighted by molar-refractivity contribution is 0.593. The molecule has 0 spiro atoms. The molecule has 2 aromatic rings. The molecule has 1 atom stereocenters. The van der Waals surface area contributed by atoms with Crippen LogP contribution in [-0.4, -0.2) is 27.0 Å². The van der Waals surface area contributed by atoms with Crippen molar-refractivity contribution in [2.24, 2.45) is 0 Å². The summed E-state index contributed by atoms with van der Waals surface area (Å²) in [5.41, 5.74) is 2.21. The lowest BCUT2D eigenvalue weighted by Crippen LogP contribution is -2.24. The summed E-state index contributed by atoms with van der Waals surface area (Å²) in [6.45, 7) is 1.16. The lowest BCUT2D eigenvalue weighted by atomic mass is 10.1. The highest BCUT2D eigenvalue weighted by Crippen LogP contribution is 2.13. The summed E-state index contributed by atoms with van der Waals surface area (Å²) >= 11 is 0. The maximum atomic E-state index is 4.33. The molecule has 0 amide bonds. The van der Waals surface area contributed by atoms with Gasteiger partial charge in [0.15, 0.2) is 5.65 Å². The molecule has 0 aromatic carbocycles. The van der Waals surface area contributed by atoms with E-state index in [1.165, 1.54) is 18.5 Å². The highest BCUT2D eigenvalue weighted by molar-refractivity contribution is 5.37. The van der Waals surface area contributed by atoms with Crippen LogP contribution in [0.1, 0.15) is 18.5 Å². The van der Waals surface area contributed by atoms with Crippen LogP contribution in [0.25, 0.3) is 5.65 Å². The highest BCUT2D eigenvalue weighted by Gasteiger charge is 2.16. The van der Waals surface area contributed by atoms with Gasteiger partial charge in [-0.2, -0.15) is 0 Å². The maximum absolute atomic E-state index is 4.33. The van der Waals surface area contributed by atoms with E-state index in [2.05, 4.69) is 19.7 Å². The summed E-state index contributed by atoms with van der Waals surface area (Å²) in [6, 6.07) is 0.623. The predicted molar refractivity (Wildman–Crippen MR) is 57.7 cm³/mol. The van der Waals surface area contributed by atoms with Gasteiger partial charge in [0.1, 0.15) is 0 Å². The zero-order chi connectivity index (χ0) is 10.1. The molecule has 1 saturated heterocycles. The van der Waals surface area contributed by atoms with Gasteiger partial charge in [0.05, 0.1) is 6.20 Å². The number of nitrogens with one attached hydrogen (secondary N) is 1. The molecule has 1 unspecified atom stereocenters. The van der Waals surface area contributed by atoms with Crippen LogP contribution in [0.2, 0.25) is 0 Å². The summed E-state index contributed by atoms with van der Waals surface area (Å²) in [4.78, 5) is 8.39. The Bertz CT molecular complexity index is 456. The van der Waals surface area contributed by atoms with Crippen LogP contribution in [-0.2, 0) is 6.42 Å². The largest absolute Gasteiger partial charge is 0.314 e. The van der Waals surface area contributed by atoms with Crippen LogP contribution in [0.5, 0.6) is 0 Å². The van der Waals surface area contributed by atoms with Gasteiger partial charge in [-0.3, -0.25) is 4.98 Å². The second kappa shape index (κ2) is 3.62. The van der Waals surface area contributed by atoms with E-state index in [1.54, 1.807) is 12.4 Å². The zero-order valence-corrected chi connectivity index (χ0v) is 8.56. The zero-order valence-electron chi connectivity index (χ0n) is 8.56. The summed E-state index contributed by atoms with van der Waals surface area (Å²) in [6.07, 6.45) is 11.2. The molecule has 2 aromatic heterocycles. The molecule has 1 fully saturated rings. The molecule has 0 saturated carbocycles. The summed E-state index contributed by atoms with van der Waals surface area (Å²) < 4.78 is 2.12. The summed E-state index contributed by atoms with van der Waals surface area (Å²) in [7, 11) is 0. The predicted octanol–water partition coefficient (Wildman–Crippen LogP) is 1.02. The van der Waals surface area contributed by atoms with Crippen molar-refractivity contribution in [3.8, 4) is 0 Å². The third-order valence-corrected chi connectivity index (χ3v) is 3.01. The molecule has 1 N–H and O–H groups in total. The first kappa shape index (κ1) is 8.85. The van der Waals surface area contributed by atoms with Gasteiger partial charge in [-0.15, -0.1) is 0 Å². The Morgan fingerprint density at radius 2 is 2.47 bits per heavy atom. The van der Waals surface area contributed by atoms with E-state index >= 15 is 0 Å². The van der Waals surface area contributed by atoms with Crippen LogP contribution in [0, 0.1) is 0 Å². The summed E-state index contributed by atoms with van der Waals surface area (Å²) in [5.74, 6) is 0. The van der Waals surface area contributed by atoms with Crippen LogP contribution in [0.3, 0.4) is 0 Å². The Morgan fingerprint density at radius 1 is 1.47 bits per heavy atom. The number of nitrogens with zero attached hydrogens (tertiary/aromatic N) is 3. The van der Waals surface area contributed by atoms with E-state index in [0.29, 0.717) is 6.04 Å². The van der Waals surface area contributed by atoms with Crippen molar-refractivity contribution in [2.45, 2.75) is 25.3 Å². The quantitative estimate of drug-likeness (QED) is 0.790. The number of fused-ring (bicyclic) bond motifs is 1. The first-order chi connectivity index (χ1) is 7.43. The van der Waals surface area contributed by atoms with Gasteiger partial charge < -0.3 is 9.72 Å². The van der Waals surface area contributed by atoms with Crippen molar-refractivity contribution in [1.29, 1.82) is 0 Å². The Morgan fingerprint density at radius 3 is 3.33 bits per heavy atom. The Labute approximate surface area is 88.4 Å². The topological polar surface area (TPSA) is 42.2 Å². The number of imidazole rings is 1. The molecular formula is C11H14N4. The minimum atomic E-state index is 0.623. The minimum Gasteiger partial charge on any atom is -0.314 e. The Hall–Kier alpha value is -1.42. The van der Waals surface area contributed by atoms with Crippen LogP contribution in [0.15, 0.2) is 24.8 Å². The molecule has 1 aliphatic heterocycles. The van der Waals surface area contributed by atoms with Gasteiger partial charge in [0.25, 0.3) is 0 Å². The molecule has 4 heteroatoms. The van der Waals surface area contributed by atoms with Gasteiger partial charge in [0.2, 0.25) is 0 Å².